The van der Waals surface area contributed by atoms with E-state index < -0.39 is 49.5 Å². The molecule has 9 atom stereocenters. The smallest absolute Gasteiger partial charge is 0.407 e. The van der Waals surface area contributed by atoms with Crippen molar-refractivity contribution in [2.75, 3.05) is 13.2 Å². The zero-order chi connectivity index (χ0) is 36.4. The molecule has 290 valence electrons. The van der Waals surface area contributed by atoms with Gasteiger partial charge in [-0.1, -0.05) is 96.3 Å². The van der Waals surface area contributed by atoms with Crippen molar-refractivity contribution in [1.82, 2.24) is 5.32 Å². The summed E-state index contributed by atoms with van der Waals surface area (Å²) < 4.78 is 16.2. The quantitative estimate of drug-likeness (QED) is 0.0508. The van der Waals surface area contributed by atoms with Crippen molar-refractivity contribution in [3.05, 3.63) is 0 Å². The van der Waals surface area contributed by atoms with Crippen molar-refractivity contribution >= 4 is 11.9 Å². The molecule has 1 rings (SSSR count). The van der Waals surface area contributed by atoms with Gasteiger partial charge in [-0.15, -0.1) is 0 Å². The topological polar surface area (TPSA) is 201 Å². The van der Waals surface area contributed by atoms with Crippen LogP contribution in [0.25, 0.3) is 0 Å². The molecule has 0 aliphatic carbocycles. The molecule has 0 bridgehead atoms. The van der Waals surface area contributed by atoms with Gasteiger partial charge in [0.25, 0.3) is 0 Å². The number of amides is 1. The molecule has 1 amide bonds. The molecule has 0 aromatic carbocycles. The van der Waals surface area contributed by atoms with E-state index in [4.69, 9.17) is 19.9 Å². The number of Topliss-reactive ketones (excluding diaryl/α,β-unsaturated/α-hetero) is 1. The molecule has 0 aromatic heterocycles. The molecule has 1 saturated heterocycles. The fraction of sp³-hybridized carbons (Fsp3) is 0.946. The van der Waals surface area contributed by atoms with Gasteiger partial charge in [-0.3, -0.25) is 4.79 Å². The highest BCUT2D eigenvalue weighted by Crippen LogP contribution is 2.25. The van der Waals surface area contributed by atoms with Gasteiger partial charge in [0.1, 0.15) is 30.2 Å². The van der Waals surface area contributed by atoms with Crippen LogP contribution in [0, 0.1) is 0 Å². The van der Waals surface area contributed by atoms with Gasteiger partial charge in [0.15, 0.2) is 6.29 Å². The van der Waals surface area contributed by atoms with Gasteiger partial charge in [-0.05, 0) is 46.5 Å². The molecule has 12 nitrogen and oxygen atoms in total. The summed E-state index contributed by atoms with van der Waals surface area (Å²) in [6.45, 7) is 5.17. The van der Waals surface area contributed by atoms with Crippen molar-refractivity contribution in [2.45, 2.75) is 211 Å². The van der Waals surface area contributed by atoms with E-state index in [1.54, 1.807) is 13.8 Å². The Hall–Kier alpha value is -1.38. The molecule has 0 radical (unpaired) electrons. The number of hydrogen-bond acceptors (Lipinski definition) is 11. The number of ketones is 1. The minimum absolute atomic E-state index is 0.299. The van der Waals surface area contributed by atoms with Crippen LogP contribution in [0.5, 0.6) is 0 Å². The summed E-state index contributed by atoms with van der Waals surface area (Å²) in [5.41, 5.74) is 6.10. The van der Waals surface area contributed by atoms with Gasteiger partial charge in [-0.2, -0.15) is 0 Å². The third kappa shape index (κ3) is 20.9. The molecule has 0 saturated carbocycles. The minimum Gasteiger partial charge on any atom is -0.450 e. The summed E-state index contributed by atoms with van der Waals surface area (Å²) in [5.74, 6) is 0.378. The van der Waals surface area contributed by atoms with Crippen molar-refractivity contribution in [3.63, 3.8) is 0 Å². The van der Waals surface area contributed by atoms with E-state index in [2.05, 4.69) is 5.32 Å². The molecule has 3 unspecified atom stereocenters. The van der Waals surface area contributed by atoms with Crippen molar-refractivity contribution in [3.8, 4) is 0 Å². The zero-order valence-corrected chi connectivity index (χ0v) is 30.8. The monoisotopic (exact) mass is 705 g/mol. The van der Waals surface area contributed by atoms with E-state index in [0.29, 0.717) is 38.1 Å². The maximum atomic E-state index is 12.2. The Bertz CT molecular complexity index is 833. The normalized spacial score (nSPS) is 23.5. The van der Waals surface area contributed by atoms with E-state index >= 15 is 0 Å². The van der Waals surface area contributed by atoms with Crippen molar-refractivity contribution in [1.29, 1.82) is 0 Å². The van der Waals surface area contributed by atoms with E-state index in [1.165, 1.54) is 44.9 Å². The first-order valence-corrected chi connectivity index (χ1v) is 19.4. The maximum absolute atomic E-state index is 12.2. The highest BCUT2D eigenvalue weighted by molar-refractivity contribution is 5.78. The van der Waals surface area contributed by atoms with Crippen molar-refractivity contribution in [2.24, 2.45) is 5.73 Å². The number of alkyl carbamates (subject to hydrolysis) is 1. The Kier molecular flexibility index (Phi) is 26.3. The Morgan fingerprint density at radius 1 is 0.735 bits per heavy atom. The van der Waals surface area contributed by atoms with Crippen LogP contribution in [0.3, 0.4) is 0 Å². The number of carbonyl (C=O) groups is 2. The number of ether oxygens (including phenoxy) is 3. The van der Waals surface area contributed by atoms with Crippen LogP contribution >= 0.6 is 0 Å². The first-order valence-electron chi connectivity index (χ1n) is 19.4. The fourth-order valence-corrected chi connectivity index (χ4v) is 6.28. The Balaban J connectivity index is 1.93. The van der Waals surface area contributed by atoms with Crippen LogP contribution in [0.2, 0.25) is 0 Å². The Morgan fingerprint density at radius 2 is 1.20 bits per heavy atom. The second-order valence-corrected chi connectivity index (χ2v) is 14.1. The largest absolute Gasteiger partial charge is 0.450 e. The lowest BCUT2D eigenvalue weighted by Crippen LogP contribution is -2.60. The molecule has 12 heteroatoms. The number of nitrogens with one attached hydrogen (secondary N) is 1. The number of aliphatic hydroxyl groups is 5. The first-order chi connectivity index (χ1) is 23.5. The van der Waals surface area contributed by atoms with Gasteiger partial charge in [0.2, 0.25) is 0 Å². The summed E-state index contributed by atoms with van der Waals surface area (Å²) >= 11 is 0. The molecule has 1 aliphatic rings. The highest BCUT2D eigenvalue weighted by atomic mass is 16.7. The molecule has 8 N–H and O–H groups in total. The van der Waals surface area contributed by atoms with E-state index in [9.17, 15) is 35.1 Å². The van der Waals surface area contributed by atoms with Crippen molar-refractivity contribution < 1.29 is 49.3 Å². The van der Waals surface area contributed by atoms with Gasteiger partial charge in [0.05, 0.1) is 31.5 Å². The number of nitrogens with two attached hydrogens (primary N) is 1. The van der Waals surface area contributed by atoms with Crippen LogP contribution in [0.1, 0.15) is 156 Å². The standard InChI is InChI=1S/C37H72N2O10/c1-4-47-37(46)39-28(3)30(42)24-20-16-13-15-19-23-29(41)22-18-14-11-9-7-5-6-8-10-12-17-21-25-31(27(2)38)48-36-35(45)34(44)33(43)32(26-40)49-36/h27-28,30-36,40,42-45H,4-26,38H2,1-3H3,(H,39,46)/t27-,28-,30-,31-,32?,33+,34?,35?,36-/m1/s1. The summed E-state index contributed by atoms with van der Waals surface area (Å²) in [5, 5.41) is 52.4. The lowest BCUT2D eigenvalue weighted by Gasteiger charge is -2.41. The molecular formula is C37H72N2O10. The highest BCUT2D eigenvalue weighted by Gasteiger charge is 2.45. The van der Waals surface area contributed by atoms with Crippen LogP contribution in [0.15, 0.2) is 0 Å². The number of unbranched alkanes of at least 4 members (excludes halogenated alkanes) is 15. The summed E-state index contributed by atoms with van der Waals surface area (Å²) in [7, 11) is 0. The second-order valence-electron chi connectivity index (χ2n) is 14.1. The Labute approximate surface area is 295 Å². The average Bonchev–Trinajstić information content (AvgIpc) is 3.07. The average molecular weight is 705 g/mol. The predicted molar refractivity (Wildman–Crippen MR) is 190 cm³/mol. The van der Waals surface area contributed by atoms with Crippen LogP contribution in [-0.4, -0.2) is 106 Å². The predicted octanol–water partition coefficient (Wildman–Crippen LogP) is 4.78. The molecule has 0 spiro atoms. The van der Waals surface area contributed by atoms with Gasteiger partial charge < -0.3 is 50.8 Å². The molecule has 1 heterocycles. The fourth-order valence-electron chi connectivity index (χ4n) is 6.28. The Morgan fingerprint density at radius 3 is 1.67 bits per heavy atom. The molecule has 1 fully saturated rings. The summed E-state index contributed by atoms with van der Waals surface area (Å²) in [6.07, 6.45) is 13.6. The molecule has 49 heavy (non-hydrogen) atoms. The maximum Gasteiger partial charge on any atom is 0.407 e. The second kappa shape index (κ2) is 28.2. The van der Waals surface area contributed by atoms with Crippen LogP contribution < -0.4 is 11.1 Å². The van der Waals surface area contributed by atoms with E-state index in [0.717, 1.165) is 64.2 Å². The van der Waals surface area contributed by atoms with E-state index in [-0.39, 0.29) is 18.2 Å². The lowest BCUT2D eigenvalue weighted by atomic mass is 9.98. The number of carbonyl (C=O) groups excluding carboxylic acids is 2. The number of hydrogen-bond donors (Lipinski definition) is 7. The van der Waals surface area contributed by atoms with E-state index in [1.807, 2.05) is 6.92 Å². The van der Waals surface area contributed by atoms with Gasteiger partial charge in [0, 0.05) is 18.9 Å². The zero-order valence-electron chi connectivity index (χ0n) is 30.8. The number of rotatable bonds is 30. The summed E-state index contributed by atoms with van der Waals surface area (Å²) in [4.78, 5) is 23.6. The van der Waals surface area contributed by atoms with Crippen LogP contribution in [-0.2, 0) is 19.0 Å². The van der Waals surface area contributed by atoms with Crippen LogP contribution in [0.4, 0.5) is 4.79 Å². The first kappa shape index (κ1) is 45.6. The SMILES string of the molecule is CCOC(=O)N[C@H](C)[C@H](O)CCCCCCCC(=O)CCCCCCCCCCCCCC[C@@H](O[C@@H]1OC(CO)[C@H](O)C(O)C1O)[C@@H](C)N. The minimum atomic E-state index is -1.46. The lowest BCUT2D eigenvalue weighted by molar-refractivity contribution is -0.312. The molecular weight excluding hydrogens is 632 g/mol. The van der Waals surface area contributed by atoms with Gasteiger partial charge in [-0.25, -0.2) is 4.79 Å². The molecule has 0 aromatic rings. The third-order valence-electron chi connectivity index (χ3n) is 9.59. The third-order valence-corrected chi connectivity index (χ3v) is 9.59. The molecule has 1 aliphatic heterocycles. The number of aliphatic hydroxyl groups excluding tert-OH is 5. The summed E-state index contributed by atoms with van der Waals surface area (Å²) in [6, 6.07) is -0.633. The van der Waals surface area contributed by atoms with Gasteiger partial charge >= 0.3 is 6.09 Å².